The zero-order valence-corrected chi connectivity index (χ0v) is 13.4. The third-order valence-electron chi connectivity index (χ3n) is 4.03. The predicted molar refractivity (Wildman–Crippen MR) is 80.2 cm³/mol. The van der Waals surface area contributed by atoms with Gasteiger partial charge in [-0.3, -0.25) is 4.79 Å². The Morgan fingerprint density at radius 2 is 1.96 bits per heavy atom. The number of hydrogen-bond acceptors (Lipinski definition) is 3. The maximum atomic E-state index is 13.3. The van der Waals surface area contributed by atoms with Crippen molar-refractivity contribution in [2.24, 2.45) is 5.92 Å². The van der Waals surface area contributed by atoms with Gasteiger partial charge in [0.15, 0.2) is 0 Å². The number of nitrogens with one attached hydrogen (secondary N) is 1. The van der Waals surface area contributed by atoms with Gasteiger partial charge in [-0.1, -0.05) is 0 Å². The summed E-state index contributed by atoms with van der Waals surface area (Å²) >= 11 is 0. The van der Waals surface area contributed by atoms with Gasteiger partial charge >= 0.3 is 12.4 Å². The van der Waals surface area contributed by atoms with Crippen molar-refractivity contribution < 1.29 is 31.1 Å². The minimum absolute atomic E-state index is 0.126. The Morgan fingerprint density at radius 1 is 1.27 bits per heavy atom. The van der Waals surface area contributed by atoms with E-state index in [-0.39, 0.29) is 30.8 Å². The van der Waals surface area contributed by atoms with Crippen molar-refractivity contribution in [3.8, 4) is 6.07 Å². The van der Waals surface area contributed by atoms with Gasteiger partial charge in [0.2, 0.25) is 5.91 Å². The van der Waals surface area contributed by atoms with Gasteiger partial charge in [0.05, 0.1) is 23.1 Å². The molecule has 1 fully saturated rings. The van der Waals surface area contributed by atoms with E-state index in [0.717, 1.165) is 12.1 Å². The lowest BCUT2D eigenvalue weighted by molar-refractivity contribution is -0.141. The Balaban J connectivity index is 2.19. The van der Waals surface area contributed by atoms with E-state index in [1.807, 2.05) is 0 Å². The van der Waals surface area contributed by atoms with Crippen molar-refractivity contribution >= 4 is 11.6 Å². The van der Waals surface area contributed by atoms with E-state index in [4.69, 9.17) is 5.26 Å². The first kappa shape index (κ1) is 19.9. The number of alkyl halides is 6. The third-order valence-corrected chi connectivity index (χ3v) is 4.03. The molecule has 1 unspecified atom stereocenters. The van der Waals surface area contributed by atoms with Crippen LogP contribution in [0.25, 0.3) is 0 Å². The average Bonchev–Trinajstić information content (AvgIpc) is 2.57. The van der Waals surface area contributed by atoms with Gasteiger partial charge in [-0.2, -0.15) is 31.6 Å². The van der Waals surface area contributed by atoms with Crippen LogP contribution in [0, 0.1) is 17.2 Å². The number of amides is 1. The molecular weight excluding hydrogens is 364 g/mol. The van der Waals surface area contributed by atoms with Crippen LogP contribution < -0.4 is 10.2 Å². The first-order valence-corrected chi connectivity index (χ1v) is 7.72. The quantitative estimate of drug-likeness (QED) is 0.819. The summed E-state index contributed by atoms with van der Waals surface area (Å²) in [6.07, 6.45) is -8.60. The molecule has 1 aliphatic rings. The highest BCUT2D eigenvalue weighted by Crippen LogP contribution is 2.38. The largest absolute Gasteiger partial charge is 0.418 e. The molecule has 1 saturated heterocycles. The number of hydrogen-bond donors (Lipinski definition) is 1. The molecule has 1 aliphatic heterocycles. The van der Waals surface area contributed by atoms with Crippen LogP contribution in [0.15, 0.2) is 18.2 Å². The molecule has 0 bridgehead atoms. The molecule has 1 aromatic rings. The topological polar surface area (TPSA) is 56.1 Å². The number of halogens is 6. The summed E-state index contributed by atoms with van der Waals surface area (Å²) in [6, 6.07) is 4.75. The summed E-state index contributed by atoms with van der Waals surface area (Å²) in [5, 5.41) is 10.6. The molecule has 1 atom stereocenters. The van der Waals surface area contributed by atoms with Crippen LogP contribution in [0.3, 0.4) is 0 Å². The first-order chi connectivity index (χ1) is 12.0. The third kappa shape index (κ3) is 5.03. The number of carbonyl (C=O) groups excluding carboxylic acids is 1. The molecule has 0 spiro atoms. The molecule has 10 heteroatoms. The molecule has 1 amide bonds. The summed E-state index contributed by atoms with van der Waals surface area (Å²) in [7, 11) is 0. The van der Waals surface area contributed by atoms with Crippen molar-refractivity contribution in [3.63, 3.8) is 0 Å². The van der Waals surface area contributed by atoms with E-state index >= 15 is 0 Å². The van der Waals surface area contributed by atoms with E-state index in [1.165, 1.54) is 11.0 Å². The maximum Gasteiger partial charge on any atom is 0.418 e. The second-order valence-electron chi connectivity index (χ2n) is 5.96. The number of nitriles is 1. The summed E-state index contributed by atoms with van der Waals surface area (Å²) in [6.45, 7) is -1.37. The molecule has 2 rings (SSSR count). The van der Waals surface area contributed by atoms with Crippen molar-refractivity contribution in [1.82, 2.24) is 5.32 Å². The summed E-state index contributed by atoms with van der Waals surface area (Å²) in [5.41, 5.74) is -1.35. The normalized spacial score (nSPS) is 18.3. The SMILES string of the molecule is N#Cc1ccc(N2CCCC(C(=O)NCC(F)(F)F)C2)c(C(F)(F)F)c1. The minimum Gasteiger partial charge on any atom is -0.370 e. The van der Waals surface area contributed by atoms with Crippen LogP contribution >= 0.6 is 0 Å². The lowest BCUT2D eigenvalue weighted by Crippen LogP contribution is -2.45. The van der Waals surface area contributed by atoms with E-state index in [1.54, 1.807) is 11.4 Å². The lowest BCUT2D eigenvalue weighted by Gasteiger charge is -2.35. The Bertz CT molecular complexity index is 707. The maximum absolute atomic E-state index is 13.3. The minimum atomic E-state index is -4.70. The smallest absolute Gasteiger partial charge is 0.370 e. The Labute approximate surface area is 145 Å². The summed E-state index contributed by atoms with van der Waals surface area (Å²) < 4.78 is 76.5. The number of benzene rings is 1. The van der Waals surface area contributed by atoms with Gasteiger partial charge in [0.1, 0.15) is 6.54 Å². The summed E-state index contributed by atoms with van der Waals surface area (Å²) in [5.74, 6) is -1.68. The van der Waals surface area contributed by atoms with Crippen molar-refractivity contribution in [2.75, 3.05) is 24.5 Å². The molecule has 142 valence electrons. The van der Waals surface area contributed by atoms with E-state index in [2.05, 4.69) is 0 Å². The monoisotopic (exact) mass is 379 g/mol. The van der Waals surface area contributed by atoms with Crippen LogP contribution in [-0.4, -0.2) is 31.7 Å². The molecule has 0 radical (unpaired) electrons. The van der Waals surface area contributed by atoms with Gasteiger partial charge in [0.25, 0.3) is 0 Å². The van der Waals surface area contributed by atoms with Crippen molar-refractivity contribution in [1.29, 1.82) is 5.26 Å². The molecule has 1 heterocycles. The van der Waals surface area contributed by atoms with Crippen molar-refractivity contribution in [2.45, 2.75) is 25.2 Å². The van der Waals surface area contributed by atoms with E-state index in [9.17, 15) is 31.1 Å². The number of piperidine rings is 1. The molecular formula is C16H15F6N3O. The van der Waals surface area contributed by atoms with Gasteiger partial charge in [-0.05, 0) is 31.0 Å². The van der Waals surface area contributed by atoms with Crippen molar-refractivity contribution in [3.05, 3.63) is 29.3 Å². The lowest BCUT2D eigenvalue weighted by atomic mass is 9.95. The van der Waals surface area contributed by atoms with Crippen LogP contribution in [0.5, 0.6) is 0 Å². The number of carbonyl (C=O) groups is 1. The fourth-order valence-electron chi connectivity index (χ4n) is 2.85. The molecule has 0 aromatic heterocycles. The predicted octanol–water partition coefficient (Wildman–Crippen LogP) is 3.47. The molecule has 0 saturated carbocycles. The highest BCUT2D eigenvalue weighted by atomic mass is 19.4. The molecule has 0 aliphatic carbocycles. The fourth-order valence-corrected chi connectivity index (χ4v) is 2.85. The van der Waals surface area contributed by atoms with Gasteiger partial charge in [0, 0.05) is 18.8 Å². The number of anilines is 1. The first-order valence-electron chi connectivity index (χ1n) is 7.72. The molecule has 1 N–H and O–H groups in total. The van der Waals surface area contributed by atoms with E-state index in [0.29, 0.717) is 6.42 Å². The zero-order valence-electron chi connectivity index (χ0n) is 13.4. The fraction of sp³-hybridized carbons (Fsp3) is 0.500. The Morgan fingerprint density at radius 3 is 2.54 bits per heavy atom. The highest BCUT2D eigenvalue weighted by Gasteiger charge is 2.37. The summed E-state index contributed by atoms with van der Waals surface area (Å²) in [4.78, 5) is 13.2. The zero-order chi connectivity index (χ0) is 19.5. The number of rotatable bonds is 3. The molecule has 1 aromatic carbocycles. The van der Waals surface area contributed by atoms with Crippen LogP contribution in [0.2, 0.25) is 0 Å². The van der Waals surface area contributed by atoms with E-state index < -0.39 is 36.3 Å². The highest BCUT2D eigenvalue weighted by molar-refractivity contribution is 5.79. The standard InChI is InChI=1S/C16H15F6N3O/c17-15(18,19)9-24-14(26)11-2-1-5-25(8-11)13-4-3-10(7-23)6-12(13)16(20,21)22/h3-4,6,11H,1-2,5,8-9H2,(H,24,26). The van der Waals surface area contributed by atoms with Crippen LogP contribution in [-0.2, 0) is 11.0 Å². The van der Waals surface area contributed by atoms with Gasteiger partial charge in [-0.15, -0.1) is 0 Å². The Kier molecular flexibility index (Phi) is 5.68. The van der Waals surface area contributed by atoms with Gasteiger partial charge < -0.3 is 10.2 Å². The molecule has 26 heavy (non-hydrogen) atoms. The van der Waals surface area contributed by atoms with Crippen LogP contribution in [0.1, 0.15) is 24.0 Å². The number of nitrogens with zero attached hydrogens (tertiary/aromatic N) is 2. The molecule has 4 nitrogen and oxygen atoms in total. The Hall–Kier alpha value is -2.44. The second kappa shape index (κ2) is 7.43. The second-order valence-corrected chi connectivity index (χ2v) is 5.96. The van der Waals surface area contributed by atoms with Gasteiger partial charge in [-0.25, -0.2) is 0 Å². The average molecular weight is 379 g/mol. The van der Waals surface area contributed by atoms with Crippen LogP contribution in [0.4, 0.5) is 32.0 Å².